The number of nitrogens with zero attached hydrogens (tertiary/aromatic N) is 1. The average Bonchev–Trinajstić information content (AvgIpc) is 3.73. The van der Waals surface area contributed by atoms with Crippen LogP contribution in [0, 0.1) is 42.4 Å². The Kier molecular flexibility index (Phi) is 7.80. The molecule has 2 aliphatic heterocycles. The first-order valence-electron chi connectivity index (χ1n) is 15.2. The molecule has 4 aliphatic rings. The number of carbonyl (C=O) groups is 4. The van der Waals surface area contributed by atoms with Gasteiger partial charge in [0.25, 0.3) is 5.91 Å². The fourth-order valence-electron chi connectivity index (χ4n) is 8.29. The highest BCUT2D eigenvalue weighted by atomic mass is 35.5. The van der Waals surface area contributed by atoms with Gasteiger partial charge in [-0.1, -0.05) is 55.0 Å². The van der Waals surface area contributed by atoms with Crippen molar-refractivity contribution in [3.63, 3.8) is 0 Å². The van der Waals surface area contributed by atoms with Gasteiger partial charge >= 0.3 is 10.8 Å². The summed E-state index contributed by atoms with van der Waals surface area (Å²) in [7, 11) is 0. The smallest absolute Gasteiger partial charge is 0.327 e. The Morgan fingerprint density at radius 2 is 1.83 bits per heavy atom. The molecule has 7 unspecified atom stereocenters. The van der Waals surface area contributed by atoms with Crippen molar-refractivity contribution >= 4 is 64.1 Å². The van der Waals surface area contributed by atoms with Crippen molar-refractivity contribution in [1.82, 2.24) is 9.88 Å². The Balaban J connectivity index is 1.24. The molecular weight excluding hydrogens is 650 g/mol. The number of imide groups is 1. The Labute approximate surface area is 277 Å². The summed E-state index contributed by atoms with van der Waals surface area (Å²) in [5.74, 6) is -4.55. The zero-order valence-corrected chi connectivity index (χ0v) is 27.6. The number of H-pyrrole nitrogens is 1. The van der Waals surface area contributed by atoms with E-state index in [0.717, 1.165) is 26.7 Å². The quantitative estimate of drug-likeness (QED) is 0.282. The van der Waals surface area contributed by atoms with Crippen LogP contribution in [0.5, 0.6) is 5.75 Å². The molecule has 8 atom stereocenters. The molecule has 3 fully saturated rings. The number of carbonyl (C=O) groups excluding carboxylic acids is 3. The maximum atomic E-state index is 14.0. The molecule has 7 rings (SSSR count). The van der Waals surface area contributed by atoms with Gasteiger partial charge in [0.1, 0.15) is 11.8 Å². The Bertz CT molecular complexity index is 1840. The van der Waals surface area contributed by atoms with E-state index in [1.807, 2.05) is 31.2 Å². The number of benzene rings is 2. The summed E-state index contributed by atoms with van der Waals surface area (Å²) >= 11 is 9.19. The number of amides is 3. The summed E-state index contributed by atoms with van der Waals surface area (Å²) in [6, 6.07) is 11.4. The second kappa shape index (κ2) is 11.6. The van der Waals surface area contributed by atoms with Gasteiger partial charge in [-0.25, -0.2) is 4.79 Å². The fraction of sp³-hybridized carbons (Fsp3) is 0.424. The zero-order valence-electron chi connectivity index (χ0n) is 25.2. The van der Waals surface area contributed by atoms with E-state index in [1.54, 1.807) is 32.0 Å². The number of para-hydroxylation sites is 1. The molecule has 2 aliphatic carbocycles. The number of anilines is 1. The highest BCUT2D eigenvalue weighted by molar-refractivity contribution is 8.00. The molecule has 3 aromatic rings. The van der Waals surface area contributed by atoms with Crippen LogP contribution in [0.4, 0.5) is 5.69 Å². The molecule has 3 N–H and O–H groups in total. The summed E-state index contributed by atoms with van der Waals surface area (Å²) in [6.07, 6.45) is 0.646. The van der Waals surface area contributed by atoms with Crippen molar-refractivity contribution in [3.8, 4) is 5.75 Å². The lowest BCUT2D eigenvalue weighted by molar-refractivity contribution is -0.157. The van der Waals surface area contributed by atoms with Crippen LogP contribution in [0.25, 0.3) is 0 Å². The number of carboxylic acid groups (broad SMARTS) is 1. The monoisotopic (exact) mass is 681 g/mol. The maximum Gasteiger partial charge on any atom is 0.327 e. The first-order chi connectivity index (χ1) is 22.0. The van der Waals surface area contributed by atoms with Crippen LogP contribution in [-0.2, 0) is 19.2 Å². The highest BCUT2D eigenvalue weighted by Gasteiger charge is 2.70. The van der Waals surface area contributed by atoms with E-state index in [4.69, 9.17) is 16.3 Å². The molecule has 10 nitrogen and oxygen atoms in total. The molecule has 0 radical (unpaired) electrons. The summed E-state index contributed by atoms with van der Waals surface area (Å²) in [6.45, 7) is 5.03. The summed E-state index contributed by atoms with van der Waals surface area (Å²) in [4.78, 5) is 70.2. The van der Waals surface area contributed by atoms with Crippen molar-refractivity contribution < 1.29 is 29.0 Å². The third-order valence-electron chi connectivity index (χ3n) is 10.0. The molecule has 46 heavy (non-hydrogen) atoms. The number of aliphatic carboxylic acids is 1. The average molecular weight is 682 g/mol. The number of halogens is 1. The number of hydrogen-bond donors (Lipinski definition) is 3. The lowest BCUT2D eigenvalue weighted by Gasteiger charge is -2.43. The number of nitrogens with one attached hydrogen (secondary N) is 2. The van der Waals surface area contributed by atoms with Crippen LogP contribution in [0.2, 0.25) is 5.02 Å². The van der Waals surface area contributed by atoms with Gasteiger partial charge in [0.15, 0.2) is 6.61 Å². The fourth-order valence-corrected chi connectivity index (χ4v) is 11.4. The molecule has 13 heteroatoms. The maximum absolute atomic E-state index is 14.0. The Morgan fingerprint density at radius 3 is 2.52 bits per heavy atom. The summed E-state index contributed by atoms with van der Waals surface area (Å²) in [5, 5.41) is 13.9. The molecular formula is C33H32ClN3O7S2. The minimum absolute atomic E-state index is 0.107. The SMILES string of the molecule is Cc1ccccc1NC(=O)COc1ccc(Cl)cc1[C@H]1c2sc(=O)[nH]c2SC2C3CC(C4C(=O)N(C(C(=O)O)C(C)C)C(=O)C34)C21. The predicted molar refractivity (Wildman–Crippen MR) is 173 cm³/mol. The lowest BCUT2D eigenvalue weighted by atomic mass is 9.68. The molecule has 240 valence electrons. The number of carboxylic acids is 1. The topological polar surface area (TPSA) is 146 Å². The van der Waals surface area contributed by atoms with Crippen LogP contribution >= 0.6 is 34.7 Å². The molecule has 2 bridgehead atoms. The standard InChI is InChI=1S/C33H32ClN3O7S2/c1-13(2)26(32(41)42)37-30(39)24-17-11-18(25(24)31(37)40)27-23(17)22(28-29(45-27)36-33(43)46-28)16-10-15(34)8-9-20(16)44-12-21(38)35-19-7-5-4-6-14(19)3/h4-10,13,17-18,22-27H,11-12H2,1-3H3,(H,35,38)(H,36,43)(H,41,42)/t17?,18?,22-,23?,24?,25?,26?,27?/m1/s1. The van der Waals surface area contributed by atoms with Crippen LogP contribution in [0.3, 0.4) is 0 Å². The van der Waals surface area contributed by atoms with Gasteiger partial charge in [0, 0.05) is 32.3 Å². The summed E-state index contributed by atoms with van der Waals surface area (Å²) < 4.78 is 6.14. The highest BCUT2D eigenvalue weighted by Crippen LogP contribution is 2.69. The summed E-state index contributed by atoms with van der Waals surface area (Å²) in [5.41, 5.74) is 2.30. The lowest BCUT2D eigenvalue weighted by Crippen LogP contribution is -2.49. The van der Waals surface area contributed by atoms with Crippen molar-refractivity contribution in [1.29, 1.82) is 0 Å². The van der Waals surface area contributed by atoms with Crippen molar-refractivity contribution in [3.05, 3.63) is 73.2 Å². The minimum atomic E-state index is -1.23. The predicted octanol–water partition coefficient (Wildman–Crippen LogP) is 5.00. The Morgan fingerprint density at radius 1 is 1.11 bits per heavy atom. The molecule has 2 saturated carbocycles. The van der Waals surface area contributed by atoms with Gasteiger partial charge in [-0.05, 0) is 66.8 Å². The van der Waals surface area contributed by atoms with E-state index in [0.29, 0.717) is 33.5 Å². The number of aromatic amines is 1. The number of ether oxygens (including phenoxy) is 1. The van der Waals surface area contributed by atoms with Gasteiger partial charge in [-0.15, -0.1) is 11.8 Å². The van der Waals surface area contributed by atoms with Gasteiger partial charge in [-0.3, -0.25) is 24.1 Å². The van der Waals surface area contributed by atoms with Crippen LogP contribution in [0.15, 0.2) is 52.3 Å². The third-order valence-corrected chi connectivity index (χ3v) is 12.8. The molecule has 1 aromatic heterocycles. The number of aromatic nitrogens is 1. The van der Waals surface area contributed by atoms with Crippen molar-refractivity contribution in [2.75, 3.05) is 11.9 Å². The van der Waals surface area contributed by atoms with Gasteiger partial charge in [0.05, 0.1) is 16.9 Å². The second-order valence-electron chi connectivity index (χ2n) is 12.9. The zero-order chi connectivity index (χ0) is 32.6. The molecule has 3 heterocycles. The van der Waals surface area contributed by atoms with Crippen molar-refractivity contribution in [2.24, 2.45) is 35.5 Å². The van der Waals surface area contributed by atoms with Crippen LogP contribution in [-0.4, -0.2) is 56.6 Å². The third kappa shape index (κ3) is 4.87. The normalized spacial score (nSPS) is 28.2. The van der Waals surface area contributed by atoms with E-state index >= 15 is 0 Å². The van der Waals surface area contributed by atoms with E-state index in [1.165, 1.54) is 11.8 Å². The molecule has 0 spiro atoms. The number of likely N-dealkylation sites (tertiary alicyclic amines) is 1. The molecule has 3 amide bonds. The number of fused-ring (bicyclic) bond motifs is 9. The van der Waals surface area contributed by atoms with E-state index in [9.17, 15) is 29.1 Å². The molecule has 2 aromatic carbocycles. The van der Waals surface area contributed by atoms with Gasteiger partial charge in [-0.2, -0.15) is 0 Å². The van der Waals surface area contributed by atoms with Gasteiger partial charge in [0.2, 0.25) is 11.8 Å². The van der Waals surface area contributed by atoms with E-state index in [-0.39, 0.29) is 40.4 Å². The second-order valence-corrected chi connectivity index (χ2v) is 15.5. The number of hydrogen-bond acceptors (Lipinski definition) is 8. The van der Waals surface area contributed by atoms with Gasteiger partial charge < -0.3 is 20.1 Å². The number of aryl methyl sites for hydroxylation is 1. The van der Waals surface area contributed by atoms with Crippen LogP contribution < -0.4 is 14.9 Å². The first-order valence-corrected chi connectivity index (χ1v) is 17.3. The number of thioether (sulfide) groups is 1. The van der Waals surface area contributed by atoms with E-state index < -0.39 is 47.5 Å². The van der Waals surface area contributed by atoms with Crippen molar-refractivity contribution in [2.45, 2.75) is 49.4 Å². The van der Waals surface area contributed by atoms with E-state index in [2.05, 4.69) is 10.3 Å². The Hall–Kier alpha value is -3.61. The first kappa shape index (κ1) is 31.0. The minimum Gasteiger partial charge on any atom is -0.483 e. The van der Waals surface area contributed by atoms with Crippen LogP contribution in [0.1, 0.15) is 42.2 Å². The largest absolute Gasteiger partial charge is 0.483 e. The number of thiazole rings is 1. The number of rotatable bonds is 8. The molecule has 1 saturated heterocycles.